The fraction of sp³-hybridized carbons (Fsp3) is 0.692. The number of hydrogen-bond acceptors (Lipinski definition) is 5. The van der Waals surface area contributed by atoms with Gasteiger partial charge < -0.3 is 15.0 Å². The van der Waals surface area contributed by atoms with Gasteiger partial charge in [0.05, 0.1) is 25.0 Å². The molecule has 1 saturated heterocycles. The molecule has 0 saturated carbocycles. The Morgan fingerprint density at radius 1 is 1.58 bits per heavy atom. The van der Waals surface area contributed by atoms with E-state index in [0.717, 1.165) is 38.4 Å². The van der Waals surface area contributed by atoms with Crippen LogP contribution in [0.1, 0.15) is 6.42 Å². The van der Waals surface area contributed by atoms with Crippen molar-refractivity contribution in [2.24, 2.45) is 5.92 Å². The van der Waals surface area contributed by atoms with Gasteiger partial charge in [-0.1, -0.05) is 0 Å². The summed E-state index contributed by atoms with van der Waals surface area (Å²) < 4.78 is 6.81. The van der Waals surface area contributed by atoms with E-state index in [0.29, 0.717) is 12.5 Å². The van der Waals surface area contributed by atoms with Gasteiger partial charge in [-0.15, -0.1) is 0 Å². The number of rotatable bonds is 6. The maximum absolute atomic E-state index is 11.8. The maximum atomic E-state index is 11.8. The highest BCUT2D eigenvalue weighted by Crippen LogP contribution is 2.10. The predicted octanol–water partition coefficient (Wildman–Crippen LogP) is -0.0646. The molecule has 1 fully saturated rings. The van der Waals surface area contributed by atoms with Gasteiger partial charge in [-0.3, -0.25) is 4.79 Å². The van der Waals surface area contributed by atoms with Crippen molar-refractivity contribution in [3.8, 4) is 0 Å². The highest BCUT2D eigenvalue weighted by atomic mass is 16.5. The van der Waals surface area contributed by atoms with Crippen molar-refractivity contribution in [3.63, 3.8) is 0 Å². The van der Waals surface area contributed by atoms with Crippen molar-refractivity contribution in [2.75, 3.05) is 45.3 Å². The molecule has 1 unspecified atom stereocenters. The average Bonchev–Trinajstić information content (AvgIpc) is 2.89. The van der Waals surface area contributed by atoms with Crippen molar-refractivity contribution < 1.29 is 4.74 Å². The van der Waals surface area contributed by atoms with Crippen LogP contribution >= 0.6 is 0 Å². The molecule has 2 heterocycles. The molecule has 6 heteroatoms. The Morgan fingerprint density at radius 3 is 3.05 bits per heavy atom. The first-order valence-corrected chi connectivity index (χ1v) is 6.70. The van der Waals surface area contributed by atoms with Crippen LogP contribution in [0.2, 0.25) is 0 Å². The van der Waals surface area contributed by atoms with Crippen LogP contribution in [0.15, 0.2) is 17.1 Å². The van der Waals surface area contributed by atoms with E-state index < -0.39 is 0 Å². The largest absolute Gasteiger partial charge is 0.381 e. The minimum absolute atomic E-state index is 0.0581. The fourth-order valence-electron chi connectivity index (χ4n) is 2.07. The normalized spacial score (nSPS) is 18.7. The van der Waals surface area contributed by atoms with E-state index in [1.54, 1.807) is 12.3 Å². The van der Waals surface area contributed by atoms with Gasteiger partial charge in [-0.2, -0.15) is 5.10 Å². The number of ether oxygens (including phenoxy) is 1. The monoisotopic (exact) mass is 266 g/mol. The third kappa shape index (κ3) is 4.04. The summed E-state index contributed by atoms with van der Waals surface area (Å²) in [4.78, 5) is 13.7. The van der Waals surface area contributed by atoms with E-state index >= 15 is 0 Å². The van der Waals surface area contributed by atoms with Crippen molar-refractivity contribution in [1.82, 2.24) is 15.1 Å². The quantitative estimate of drug-likeness (QED) is 0.731. The van der Waals surface area contributed by atoms with Crippen molar-refractivity contribution >= 4 is 5.69 Å². The fourth-order valence-corrected chi connectivity index (χ4v) is 2.07. The molecule has 19 heavy (non-hydrogen) atoms. The van der Waals surface area contributed by atoms with Gasteiger partial charge in [0.15, 0.2) is 0 Å². The van der Waals surface area contributed by atoms with Crippen LogP contribution in [0.3, 0.4) is 0 Å². The third-order valence-electron chi connectivity index (χ3n) is 3.33. The summed E-state index contributed by atoms with van der Waals surface area (Å²) in [5.74, 6) is 0.612. The Balaban J connectivity index is 1.77. The minimum Gasteiger partial charge on any atom is -0.381 e. The minimum atomic E-state index is -0.0581. The molecule has 0 amide bonds. The van der Waals surface area contributed by atoms with Crippen LogP contribution < -0.4 is 15.8 Å². The molecule has 1 aliphatic heterocycles. The lowest BCUT2D eigenvalue weighted by molar-refractivity contribution is 0.185. The first kappa shape index (κ1) is 14.0. The molecule has 0 radical (unpaired) electrons. The van der Waals surface area contributed by atoms with Gasteiger partial charge in [0.1, 0.15) is 0 Å². The second-order valence-electron chi connectivity index (χ2n) is 5.10. The van der Waals surface area contributed by atoms with E-state index in [1.165, 1.54) is 4.68 Å². The molecule has 1 atom stereocenters. The standard InChI is InChI=1S/C13H22N4O2/c1-16(2)12-7-13(18)17(15-9-12)5-4-14-8-11-3-6-19-10-11/h7,9,11,14H,3-6,8,10H2,1-2H3. The molecule has 6 nitrogen and oxygen atoms in total. The van der Waals surface area contributed by atoms with E-state index in [9.17, 15) is 4.79 Å². The Hall–Kier alpha value is -1.40. The smallest absolute Gasteiger partial charge is 0.268 e. The van der Waals surface area contributed by atoms with Gasteiger partial charge in [0.2, 0.25) is 0 Å². The average molecular weight is 266 g/mol. The number of nitrogens with zero attached hydrogens (tertiary/aromatic N) is 3. The van der Waals surface area contributed by atoms with E-state index in [2.05, 4.69) is 10.4 Å². The molecule has 1 aromatic heterocycles. The molecule has 2 rings (SSSR count). The second kappa shape index (κ2) is 6.68. The molecule has 1 aromatic rings. The number of aromatic nitrogens is 2. The summed E-state index contributed by atoms with van der Waals surface area (Å²) in [6.45, 7) is 4.03. The topological polar surface area (TPSA) is 59.4 Å². The Kier molecular flexibility index (Phi) is 4.93. The van der Waals surface area contributed by atoms with E-state index in [-0.39, 0.29) is 5.56 Å². The second-order valence-corrected chi connectivity index (χ2v) is 5.10. The lowest BCUT2D eigenvalue weighted by atomic mass is 10.1. The zero-order chi connectivity index (χ0) is 13.7. The number of nitrogens with one attached hydrogen (secondary N) is 1. The number of hydrogen-bond donors (Lipinski definition) is 1. The van der Waals surface area contributed by atoms with Crippen molar-refractivity contribution in [1.29, 1.82) is 0 Å². The molecule has 0 spiro atoms. The molecule has 0 bridgehead atoms. The van der Waals surface area contributed by atoms with Crippen molar-refractivity contribution in [2.45, 2.75) is 13.0 Å². The maximum Gasteiger partial charge on any atom is 0.268 e. The zero-order valence-corrected chi connectivity index (χ0v) is 11.6. The lowest BCUT2D eigenvalue weighted by Gasteiger charge is -2.13. The van der Waals surface area contributed by atoms with Gasteiger partial charge in [0.25, 0.3) is 5.56 Å². The predicted molar refractivity (Wildman–Crippen MR) is 74.6 cm³/mol. The molecule has 0 aliphatic carbocycles. The van der Waals surface area contributed by atoms with Crippen LogP contribution in [0.4, 0.5) is 5.69 Å². The zero-order valence-electron chi connectivity index (χ0n) is 11.6. The molecular weight excluding hydrogens is 244 g/mol. The Morgan fingerprint density at radius 2 is 2.42 bits per heavy atom. The lowest BCUT2D eigenvalue weighted by Crippen LogP contribution is -2.31. The summed E-state index contributed by atoms with van der Waals surface area (Å²) in [6, 6.07) is 1.61. The summed E-state index contributed by atoms with van der Waals surface area (Å²) in [5, 5.41) is 7.52. The molecular formula is C13H22N4O2. The number of anilines is 1. The van der Waals surface area contributed by atoms with Crippen LogP contribution in [0, 0.1) is 5.92 Å². The van der Waals surface area contributed by atoms with Gasteiger partial charge in [0, 0.05) is 39.9 Å². The van der Waals surface area contributed by atoms with E-state index in [1.807, 2.05) is 19.0 Å². The van der Waals surface area contributed by atoms with E-state index in [4.69, 9.17) is 4.74 Å². The molecule has 1 aliphatic rings. The summed E-state index contributed by atoms with van der Waals surface area (Å²) in [5.41, 5.74) is 0.773. The molecule has 106 valence electrons. The first-order chi connectivity index (χ1) is 9.16. The van der Waals surface area contributed by atoms with Crippen LogP contribution in [0.5, 0.6) is 0 Å². The Bertz CT molecular complexity index is 452. The van der Waals surface area contributed by atoms with Crippen LogP contribution in [-0.2, 0) is 11.3 Å². The first-order valence-electron chi connectivity index (χ1n) is 6.70. The molecule has 0 aromatic carbocycles. The van der Waals surface area contributed by atoms with Gasteiger partial charge >= 0.3 is 0 Å². The highest BCUT2D eigenvalue weighted by molar-refractivity contribution is 5.40. The summed E-state index contributed by atoms with van der Waals surface area (Å²) >= 11 is 0. The third-order valence-corrected chi connectivity index (χ3v) is 3.33. The van der Waals surface area contributed by atoms with Gasteiger partial charge in [-0.05, 0) is 12.3 Å². The highest BCUT2D eigenvalue weighted by Gasteiger charge is 2.14. The van der Waals surface area contributed by atoms with Crippen molar-refractivity contribution in [3.05, 3.63) is 22.6 Å². The Labute approximate surface area is 113 Å². The summed E-state index contributed by atoms with van der Waals surface area (Å²) in [6.07, 6.45) is 2.84. The summed E-state index contributed by atoms with van der Waals surface area (Å²) in [7, 11) is 3.79. The van der Waals surface area contributed by atoms with Crippen LogP contribution in [0.25, 0.3) is 0 Å². The SMILES string of the molecule is CN(C)c1cnn(CCNCC2CCOC2)c(=O)c1. The van der Waals surface area contributed by atoms with Crippen LogP contribution in [-0.4, -0.2) is 50.2 Å². The van der Waals surface area contributed by atoms with Gasteiger partial charge in [-0.25, -0.2) is 4.68 Å². The molecule has 1 N–H and O–H groups in total.